The molecule has 0 saturated carbocycles. The molecule has 1 unspecified atom stereocenters. The molecule has 3 atom stereocenters. The molecule has 2 heterocycles. The molecule has 2 saturated heterocycles. The first-order valence-electron chi connectivity index (χ1n) is 9.55. The maximum atomic E-state index is 13.5. The van der Waals surface area contributed by atoms with Crippen LogP contribution in [0.3, 0.4) is 0 Å². The lowest BCUT2D eigenvalue weighted by Crippen LogP contribution is -2.27. The summed E-state index contributed by atoms with van der Waals surface area (Å²) in [5.41, 5.74) is -0.524. The highest BCUT2D eigenvalue weighted by Gasteiger charge is 2.42. The maximum Gasteiger partial charge on any atom is 0.316 e. The summed E-state index contributed by atoms with van der Waals surface area (Å²) in [4.78, 5) is 33.1. The van der Waals surface area contributed by atoms with Gasteiger partial charge in [0.1, 0.15) is 17.6 Å². The monoisotopic (exact) mass is 474 g/mol. The second kappa shape index (κ2) is 9.51. The van der Waals surface area contributed by atoms with Gasteiger partial charge < -0.3 is 15.7 Å². The Morgan fingerprint density at radius 3 is 1.88 bits per heavy atom. The summed E-state index contributed by atoms with van der Waals surface area (Å²) in [6.45, 7) is 0.0499. The zero-order valence-corrected chi connectivity index (χ0v) is 16.6. The van der Waals surface area contributed by atoms with Crippen LogP contribution < -0.4 is 10.6 Å². The second-order valence-corrected chi connectivity index (χ2v) is 7.45. The Bertz CT molecular complexity index is 1130. The minimum Gasteiger partial charge on any atom is -0.481 e. The van der Waals surface area contributed by atoms with Crippen molar-refractivity contribution in [1.29, 1.82) is 0 Å². The molecule has 33 heavy (non-hydrogen) atoms. The number of aliphatic carboxylic acids is 1. The molecule has 2 aliphatic heterocycles. The third-order valence-corrected chi connectivity index (χ3v) is 5.31. The molecule has 2 aliphatic rings. The molecule has 3 N–H and O–H groups in total. The van der Waals surface area contributed by atoms with E-state index in [-0.39, 0.29) is 31.0 Å². The molecule has 2 amide bonds. The summed E-state index contributed by atoms with van der Waals surface area (Å²) in [5, 5.41) is 13.6. The molecule has 0 radical (unpaired) electrons. The van der Waals surface area contributed by atoms with Gasteiger partial charge >= 0.3 is 5.97 Å². The van der Waals surface area contributed by atoms with Crippen molar-refractivity contribution in [3.05, 3.63) is 70.3 Å². The fourth-order valence-electron chi connectivity index (χ4n) is 3.74. The number of nitrogens with one attached hydrogen (secondary N) is 2. The van der Waals surface area contributed by atoms with Gasteiger partial charge in [-0.15, -0.1) is 0 Å². The number of hydrogen-bond acceptors (Lipinski definition) is 3. The first-order chi connectivity index (χ1) is 15.5. The van der Waals surface area contributed by atoms with E-state index in [1.54, 1.807) is 0 Å². The van der Waals surface area contributed by atoms with Crippen molar-refractivity contribution in [3.8, 4) is 0 Å². The van der Waals surface area contributed by atoms with E-state index in [2.05, 4.69) is 10.6 Å². The van der Waals surface area contributed by atoms with Gasteiger partial charge in [-0.05, 0) is 17.7 Å². The molecule has 0 aromatic heterocycles. The lowest BCUT2D eigenvalue weighted by molar-refractivity contribution is -0.145. The highest BCUT2D eigenvalue weighted by atomic mass is 19.2. The van der Waals surface area contributed by atoms with Crippen LogP contribution in [-0.2, 0) is 14.4 Å². The fraction of sp³-hybridized carbons (Fsp3) is 0.286. The summed E-state index contributed by atoms with van der Waals surface area (Å²) in [5.74, 6) is -12.5. The number of carbonyl (C=O) groups is 3. The van der Waals surface area contributed by atoms with Gasteiger partial charge in [0.15, 0.2) is 23.3 Å². The Hall–Kier alpha value is -3.57. The van der Waals surface area contributed by atoms with Gasteiger partial charge in [-0.2, -0.15) is 0 Å². The molecule has 176 valence electrons. The maximum absolute atomic E-state index is 13.5. The van der Waals surface area contributed by atoms with Gasteiger partial charge in [-0.3, -0.25) is 14.4 Å². The number of halogens is 6. The van der Waals surface area contributed by atoms with E-state index < -0.39 is 70.1 Å². The van der Waals surface area contributed by atoms with Crippen LogP contribution in [0.5, 0.6) is 0 Å². The molecule has 4 rings (SSSR count). The van der Waals surface area contributed by atoms with Crippen molar-refractivity contribution in [3.63, 3.8) is 0 Å². The zero-order chi connectivity index (χ0) is 24.4. The van der Waals surface area contributed by atoms with Crippen LogP contribution in [-0.4, -0.2) is 36.0 Å². The first kappa shape index (κ1) is 24.1. The van der Waals surface area contributed by atoms with Crippen LogP contribution in [0, 0.1) is 40.8 Å². The number of amides is 2. The summed E-state index contributed by atoms with van der Waals surface area (Å²) >= 11 is 0. The Kier molecular flexibility index (Phi) is 6.94. The number of rotatable bonds is 3. The lowest BCUT2D eigenvalue weighted by atomic mass is 9.88. The highest BCUT2D eigenvalue weighted by molar-refractivity contribution is 5.99. The average molecular weight is 474 g/mol. The molecule has 0 bridgehead atoms. The van der Waals surface area contributed by atoms with Crippen molar-refractivity contribution >= 4 is 17.8 Å². The summed E-state index contributed by atoms with van der Waals surface area (Å²) in [7, 11) is 0. The van der Waals surface area contributed by atoms with Crippen LogP contribution in [0.1, 0.15) is 29.4 Å². The Labute approximate surface area is 182 Å². The SMILES string of the molecule is O=C(O)C1C(=O)NC[C@H]1c1cc(F)cc(F)c1F.O=C1C[C@H](c2cc(F)cc(F)c2F)CN1. The summed E-state index contributed by atoms with van der Waals surface area (Å²) in [6, 6.07) is 2.49. The van der Waals surface area contributed by atoms with E-state index >= 15 is 0 Å². The van der Waals surface area contributed by atoms with Crippen molar-refractivity contribution < 1.29 is 45.8 Å². The Morgan fingerprint density at radius 1 is 0.818 bits per heavy atom. The smallest absolute Gasteiger partial charge is 0.316 e. The molecule has 0 spiro atoms. The minimum atomic E-state index is -1.54. The summed E-state index contributed by atoms with van der Waals surface area (Å²) in [6.07, 6.45) is 0.0693. The first-order valence-corrected chi connectivity index (χ1v) is 9.55. The van der Waals surface area contributed by atoms with Gasteiger partial charge in [0, 0.05) is 49.0 Å². The largest absolute Gasteiger partial charge is 0.481 e. The van der Waals surface area contributed by atoms with E-state index in [0.29, 0.717) is 18.2 Å². The molecule has 2 fully saturated rings. The Morgan fingerprint density at radius 2 is 1.36 bits per heavy atom. The molecule has 2 aromatic carbocycles. The van der Waals surface area contributed by atoms with Crippen LogP contribution in [0.2, 0.25) is 0 Å². The molecular formula is C21H16F6N2O4. The summed E-state index contributed by atoms with van der Waals surface area (Å²) < 4.78 is 78.6. The third kappa shape index (κ3) is 5.10. The topological polar surface area (TPSA) is 95.5 Å². The van der Waals surface area contributed by atoms with Gasteiger partial charge in [-0.25, -0.2) is 26.3 Å². The van der Waals surface area contributed by atoms with Gasteiger partial charge in [0.2, 0.25) is 11.8 Å². The van der Waals surface area contributed by atoms with E-state index in [1.165, 1.54) is 0 Å². The van der Waals surface area contributed by atoms with Crippen molar-refractivity contribution in [2.75, 3.05) is 13.1 Å². The fourth-order valence-corrected chi connectivity index (χ4v) is 3.74. The predicted octanol–water partition coefficient (Wildman–Crippen LogP) is 2.73. The number of hydrogen-bond donors (Lipinski definition) is 3. The van der Waals surface area contributed by atoms with E-state index in [1.807, 2.05) is 0 Å². The van der Waals surface area contributed by atoms with Crippen molar-refractivity contribution in [2.24, 2.45) is 5.92 Å². The number of benzene rings is 2. The minimum absolute atomic E-state index is 0.0693. The molecule has 2 aromatic rings. The van der Waals surface area contributed by atoms with E-state index in [0.717, 1.165) is 6.07 Å². The van der Waals surface area contributed by atoms with E-state index in [9.17, 15) is 40.7 Å². The van der Waals surface area contributed by atoms with Crippen LogP contribution in [0.4, 0.5) is 26.3 Å². The standard InChI is InChI=1S/C11H8F3NO3.C10H8F3NO/c12-4-1-5(9(14)7(13)2-4)6-3-15-10(16)8(6)11(17)18;11-6-2-7(10(13)8(12)3-6)5-1-9(15)14-4-5/h1-2,6,8H,3H2,(H,15,16)(H,17,18);2-3,5H,1,4H2,(H,14,15)/t6-,8?;5-/m00/s1. The zero-order valence-electron chi connectivity index (χ0n) is 16.6. The number of carbonyl (C=O) groups excluding carboxylic acids is 2. The Balaban J connectivity index is 0.000000189. The predicted molar refractivity (Wildman–Crippen MR) is 99.9 cm³/mol. The quantitative estimate of drug-likeness (QED) is 0.362. The number of carboxylic acids is 1. The molecular weight excluding hydrogens is 458 g/mol. The van der Waals surface area contributed by atoms with Crippen LogP contribution >= 0.6 is 0 Å². The second-order valence-electron chi connectivity index (χ2n) is 7.45. The van der Waals surface area contributed by atoms with Gasteiger partial charge in [0.05, 0.1) is 0 Å². The molecule has 12 heteroatoms. The van der Waals surface area contributed by atoms with Crippen molar-refractivity contribution in [2.45, 2.75) is 18.3 Å². The average Bonchev–Trinajstić information content (AvgIpc) is 3.33. The normalized spacial score (nSPS) is 21.8. The van der Waals surface area contributed by atoms with E-state index in [4.69, 9.17) is 5.11 Å². The molecule has 6 nitrogen and oxygen atoms in total. The van der Waals surface area contributed by atoms with Crippen LogP contribution in [0.25, 0.3) is 0 Å². The highest BCUT2D eigenvalue weighted by Crippen LogP contribution is 2.32. The molecule has 0 aliphatic carbocycles. The van der Waals surface area contributed by atoms with Crippen molar-refractivity contribution in [1.82, 2.24) is 10.6 Å². The van der Waals surface area contributed by atoms with Gasteiger partial charge in [0.25, 0.3) is 0 Å². The number of carboxylic acid groups (broad SMARTS) is 1. The third-order valence-electron chi connectivity index (χ3n) is 5.31. The van der Waals surface area contributed by atoms with Gasteiger partial charge in [-0.1, -0.05) is 0 Å². The lowest BCUT2D eigenvalue weighted by Gasteiger charge is -2.14. The van der Waals surface area contributed by atoms with Crippen LogP contribution in [0.15, 0.2) is 24.3 Å².